The summed E-state index contributed by atoms with van der Waals surface area (Å²) in [6, 6.07) is 3.86. The molecule has 0 saturated heterocycles. The number of aliphatic hydroxyl groups is 1. The summed E-state index contributed by atoms with van der Waals surface area (Å²) in [6.07, 6.45) is 6.92. The van der Waals surface area contributed by atoms with Crippen LogP contribution in [0.3, 0.4) is 0 Å². The molecular formula is C14H23N3O2. The predicted octanol–water partition coefficient (Wildman–Crippen LogP) is 1.34. The Morgan fingerprint density at radius 1 is 1.47 bits per heavy atom. The van der Waals surface area contributed by atoms with E-state index >= 15 is 0 Å². The van der Waals surface area contributed by atoms with Crippen LogP contribution in [-0.4, -0.2) is 34.9 Å². The number of nitrogens with zero attached hydrogens (tertiary/aromatic N) is 1. The zero-order chi connectivity index (χ0) is 13.7. The van der Waals surface area contributed by atoms with Crippen molar-refractivity contribution >= 4 is 6.03 Å². The lowest BCUT2D eigenvalue weighted by Crippen LogP contribution is -2.49. The van der Waals surface area contributed by atoms with Gasteiger partial charge in [-0.15, -0.1) is 0 Å². The molecule has 2 rings (SSSR count). The van der Waals surface area contributed by atoms with Gasteiger partial charge in [-0.2, -0.15) is 0 Å². The van der Waals surface area contributed by atoms with Crippen molar-refractivity contribution in [1.82, 2.24) is 15.2 Å². The van der Waals surface area contributed by atoms with E-state index in [0.717, 1.165) is 25.8 Å². The molecule has 0 radical (unpaired) electrons. The van der Waals surface area contributed by atoms with Gasteiger partial charge in [0, 0.05) is 36.9 Å². The van der Waals surface area contributed by atoms with Crippen LogP contribution < -0.4 is 10.6 Å². The third kappa shape index (κ3) is 3.50. The summed E-state index contributed by atoms with van der Waals surface area (Å²) in [5, 5.41) is 15.3. The molecule has 0 aromatic carbocycles. The maximum absolute atomic E-state index is 11.8. The highest BCUT2D eigenvalue weighted by Crippen LogP contribution is 2.37. The van der Waals surface area contributed by atoms with Crippen molar-refractivity contribution in [3.63, 3.8) is 0 Å². The minimum absolute atomic E-state index is 0.0732. The van der Waals surface area contributed by atoms with Gasteiger partial charge in [0.15, 0.2) is 0 Å². The normalized spacial score (nSPS) is 26.3. The highest BCUT2D eigenvalue weighted by Gasteiger charge is 2.38. The molecule has 5 heteroatoms. The highest BCUT2D eigenvalue weighted by molar-refractivity contribution is 5.74. The number of aliphatic hydroxyl groups excluding tert-OH is 1. The van der Waals surface area contributed by atoms with E-state index in [1.165, 1.54) is 0 Å². The van der Waals surface area contributed by atoms with Gasteiger partial charge in [-0.1, -0.05) is 13.3 Å². The Balaban J connectivity index is 1.72. The summed E-state index contributed by atoms with van der Waals surface area (Å²) < 4.78 is 2.02. The van der Waals surface area contributed by atoms with Gasteiger partial charge in [0.2, 0.25) is 0 Å². The lowest BCUT2D eigenvalue weighted by molar-refractivity contribution is 0.121. The van der Waals surface area contributed by atoms with Crippen LogP contribution in [0.15, 0.2) is 24.5 Å². The van der Waals surface area contributed by atoms with Crippen LogP contribution in [0.1, 0.15) is 26.2 Å². The van der Waals surface area contributed by atoms with Crippen molar-refractivity contribution in [2.24, 2.45) is 5.41 Å². The molecular weight excluding hydrogens is 242 g/mol. The summed E-state index contributed by atoms with van der Waals surface area (Å²) in [5.41, 5.74) is -0.169. The molecule has 1 aliphatic rings. The molecule has 5 nitrogen and oxygen atoms in total. The van der Waals surface area contributed by atoms with E-state index in [2.05, 4.69) is 10.6 Å². The van der Waals surface area contributed by atoms with Crippen LogP contribution in [0.2, 0.25) is 0 Å². The van der Waals surface area contributed by atoms with Crippen molar-refractivity contribution < 1.29 is 9.90 Å². The lowest BCUT2D eigenvalue weighted by atomic mass is 9.86. The van der Waals surface area contributed by atoms with E-state index in [9.17, 15) is 9.90 Å². The molecule has 1 saturated carbocycles. The minimum atomic E-state index is -0.169. The average molecular weight is 265 g/mol. The zero-order valence-electron chi connectivity index (χ0n) is 11.4. The average Bonchev–Trinajstić information content (AvgIpc) is 3.01. The van der Waals surface area contributed by atoms with Gasteiger partial charge in [-0.25, -0.2) is 4.79 Å². The molecule has 1 aromatic rings. The fraction of sp³-hybridized carbons (Fsp3) is 0.643. The van der Waals surface area contributed by atoms with Crippen LogP contribution in [-0.2, 0) is 6.54 Å². The molecule has 1 aliphatic carbocycles. The summed E-state index contributed by atoms with van der Waals surface area (Å²) >= 11 is 0. The molecule has 2 amide bonds. The van der Waals surface area contributed by atoms with Gasteiger partial charge in [-0.05, 0) is 25.0 Å². The molecule has 3 N–H and O–H groups in total. The third-order valence-electron chi connectivity index (χ3n) is 4.07. The first-order chi connectivity index (χ1) is 9.14. The number of nitrogens with one attached hydrogen (secondary N) is 2. The predicted molar refractivity (Wildman–Crippen MR) is 73.8 cm³/mol. The molecule has 0 aliphatic heterocycles. The second-order valence-corrected chi connectivity index (χ2v) is 5.58. The first-order valence-electron chi connectivity index (χ1n) is 6.90. The molecule has 0 bridgehead atoms. The van der Waals surface area contributed by atoms with E-state index in [1.54, 1.807) is 0 Å². The number of rotatable bonds is 5. The van der Waals surface area contributed by atoms with Crippen LogP contribution >= 0.6 is 0 Å². The SMILES string of the molecule is CC1(CO)CCCC1NC(=O)NCCn1cccc1. The van der Waals surface area contributed by atoms with Gasteiger partial charge in [-0.3, -0.25) is 0 Å². The fourth-order valence-corrected chi connectivity index (χ4v) is 2.70. The molecule has 19 heavy (non-hydrogen) atoms. The number of urea groups is 1. The zero-order valence-corrected chi connectivity index (χ0v) is 11.4. The van der Waals surface area contributed by atoms with E-state index in [0.29, 0.717) is 6.54 Å². The van der Waals surface area contributed by atoms with Crippen molar-refractivity contribution in [2.45, 2.75) is 38.8 Å². The Labute approximate surface area is 114 Å². The Morgan fingerprint density at radius 3 is 2.89 bits per heavy atom. The Bertz CT molecular complexity index is 405. The number of aromatic nitrogens is 1. The van der Waals surface area contributed by atoms with Gasteiger partial charge < -0.3 is 20.3 Å². The molecule has 2 atom stereocenters. The maximum Gasteiger partial charge on any atom is 0.315 e. The van der Waals surface area contributed by atoms with Crippen LogP contribution in [0, 0.1) is 5.41 Å². The molecule has 106 valence electrons. The van der Waals surface area contributed by atoms with Crippen LogP contribution in [0.5, 0.6) is 0 Å². The first-order valence-corrected chi connectivity index (χ1v) is 6.90. The van der Waals surface area contributed by atoms with Crippen molar-refractivity contribution in [2.75, 3.05) is 13.2 Å². The monoisotopic (exact) mass is 265 g/mol. The third-order valence-corrected chi connectivity index (χ3v) is 4.07. The van der Waals surface area contributed by atoms with Crippen LogP contribution in [0.4, 0.5) is 4.79 Å². The second kappa shape index (κ2) is 6.10. The smallest absolute Gasteiger partial charge is 0.315 e. The van der Waals surface area contributed by atoms with E-state index in [4.69, 9.17) is 0 Å². The Morgan fingerprint density at radius 2 is 2.21 bits per heavy atom. The van der Waals surface area contributed by atoms with E-state index in [1.807, 2.05) is 36.0 Å². The summed E-state index contributed by atoms with van der Waals surface area (Å²) in [4.78, 5) is 11.8. The highest BCUT2D eigenvalue weighted by atomic mass is 16.3. The van der Waals surface area contributed by atoms with Crippen LogP contribution in [0.25, 0.3) is 0 Å². The largest absolute Gasteiger partial charge is 0.396 e. The first kappa shape index (κ1) is 13.9. The molecule has 1 fully saturated rings. The van der Waals surface area contributed by atoms with E-state index < -0.39 is 0 Å². The number of hydrogen-bond acceptors (Lipinski definition) is 2. The van der Waals surface area contributed by atoms with Crippen molar-refractivity contribution in [1.29, 1.82) is 0 Å². The Hall–Kier alpha value is -1.49. The maximum atomic E-state index is 11.8. The number of amides is 2. The quantitative estimate of drug-likeness (QED) is 0.752. The topological polar surface area (TPSA) is 66.3 Å². The van der Waals surface area contributed by atoms with Crippen molar-refractivity contribution in [3.8, 4) is 0 Å². The summed E-state index contributed by atoms with van der Waals surface area (Å²) in [7, 11) is 0. The standard InChI is InChI=1S/C14H23N3O2/c1-14(11-18)6-4-5-12(14)16-13(19)15-7-10-17-8-2-3-9-17/h2-3,8-9,12,18H,4-7,10-11H2,1H3,(H2,15,16,19). The van der Waals surface area contributed by atoms with Gasteiger partial charge in [0.25, 0.3) is 0 Å². The number of hydrogen-bond donors (Lipinski definition) is 3. The van der Waals surface area contributed by atoms with E-state index in [-0.39, 0.29) is 24.1 Å². The molecule has 0 spiro atoms. The Kier molecular flexibility index (Phi) is 4.47. The second-order valence-electron chi connectivity index (χ2n) is 5.58. The summed E-state index contributed by atoms with van der Waals surface area (Å²) in [5.74, 6) is 0. The van der Waals surface area contributed by atoms with Gasteiger partial charge in [0.1, 0.15) is 0 Å². The number of carbonyl (C=O) groups is 1. The minimum Gasteiger partial charge on any atom is -0.396 e. The molecule has 1 aromatic heterocycles. The van der Waals surface area contributed by atoms with Gasteiger partial charge >= 0.3 is 6.03 Å². The summed E-state index contributed by atoms with van der Waals surface area (Å²) in [6.45, 7) is 3.53. The molecule has 2 unspecified atom stereocenters. The lowest BCUT2D eigenvalue weighted by Gasteiger charge is -2.30. The van der Waals surface area contributed by atoms with Gasteiger partial charge in [0.05, 0.1) is 6.61 Å². The van der Waals surface area contributed by atoms with Crippen molar-refractivity contribution in [3.05, 3.63) is 24.5 Å². The number of carbonyl (C=O) groups excluding carboxylic acids is 1. The molecule has 1 heterocycles. The fourth-order valence-electron chi connectivity index (χ4n) is 2.70.